The molecular formula is C15H18N2O. The third kappa shape index (κ3) is 2.86. The van der Waals surface area contributed by atoms with Crippen molar-refractivity contribution in [2.45, 2.75) is 27.2 Å². The Bertz CT molecular complexity index is 576. The maximum Gasteiger partial charge on any atom is 0.224 e. The molecule has 3 nitrogen and oxygen atoms in total. The molecule has 0 aliphatic carbocycles. The molecule has 0 saturated heterocycles. The Morgan fingerprint density at radius 2 is 2.17 bits per heavy atom. The van der Waals surface area contributed by atoms with Gasteiger partial charge in [-0.15, -0.1) is 0 Å². The second-order valence-corrected chi connectivity index (χ2v) is 5.03. The maximum atomic E-state index is 11.8. The van der Waals surface area contributed by atoms with Crippen molar-refractivity contribution in [1.29, 1.82) is 0 Å². The molecule has 3 heteroatoms. The van der Waals surface area contributed by atoms with Gasteiger partial charge in [-0.3, -0.25) is 9.78 Å². The molecule has 0 aliphatic rings. The van der Waals surface area contributed by atoms with Gasteiger partial charge in [-0.1, -0.05) is 19.9 Å². The van der Waals surface area contributed by atoms with Crippen molar-refractivity contribution in [2.24, 2.45) is 5.92 Å². The van der Waals surface area contributed by atoms with Crippen LogP contribution < -0.4 is 5.32 Å². The Hall–Kier alpha value is -1.90. The summed E-state index contributed by atoms with van der Waals surface area (Å²) in [6.45, 7) is 6.09. The Labute approximate surface area is 107 Å². The largest absolute Gasteiger partial charge is 0.324 e. The van der Waals surface area contributed by atoms with E-state index in [0.717, 1.165) is 22.2 Å². The maximum absolute atomic E-state index is 11.8. The number of anilines is 1. The number of aromatic nitrogens is 1. The zero-order valence-corrected chi connectivity index (χ0v) is 11.0. The van der Waals surface area contributed by atoms with Gasteiger partial charge >= 0.3 is 0 Å². The van der Waals surface area contributed by atoms with Gasteiger partial charge in [-0.05, 0) is 36.6 Å². The average Bonchev–Trinajstić information content (AvgIpc) is 2.27. The number of pyridine rings is 1. The molecule has 0 bridgehead atoms. The predicted octanol–water partition coefficient (Wildman–Crippen LogP) is 3.53. The summed E-state index contributed by atoms with van der Waals surface area (Å²) in [7, 11) is 0. The molecule has 0 saturated carbocycles. The number of benzene rings is 1. The molecule has 0 aliphatic heterocycles. The molecule has 0 radical (unpaired) electrons. The lowest BCUT2D eigenvalue weighted by Crippen LogP contribution is -2.14. The van der Waals surface area contributed by atoms with Crippen LogP contribution in [0.2, 0.25) is 0 Å². The molecule has 1 N–H and O–H groups in total. The van der Waals surface area contributed by atoms with Crippen molar-refractivity contribution in [2.75, 3.05) is 5.32 Å². The lowest BCUT2D eigenvalue weighted by atomic mass is 10.1. The molecule has 0 fully saturated rings. The first-order valence-corrected chi connectivity index (χ1v) is 6.21. The van der Waals surface area contributed by atoms with Crippen molar-refractivity contribution in [3.05, 3.63) is 36.0 Å². The van der Waals surface area contributed by atoms with Gasteiger partial charge < -0.3 is 5.32 Å². The van der Waals surface area contributed by atoms with E-state index in [-0.39, 0.29) is 5.91 Å². The molecule has 18 heavy (non-hydrogen) atoms. The van der Waals surface area contributed by atoms with Crippen LogP contribution in [-0.4, -0.2) is 10.9 Å². The predicted molar refractivity (Wildman–Crippen MR) is 74.6 cm³/mol. The summed E-state index contributed by atoms with van der Waals surface area (Å²) in [6.07, 6.45) is 2.28. The number of aryl methyl sites for hydroxylation is 1. The van der Waals surface area contributed by atoms with Crippen molar-refractivity contribution in [1.82, 2.24) is 4.98 Å². The van der Waals surface area contributed by atoms with Crippen LogP contribution in [0.1, 0.15) is 25.8 Å². The summed E-state index contributed by atoms with van der Waals surface area (Å²) in [5.41, 5.74) is 2.77. The molecule has 0 atom stereocenters. The summed E-state index contributed by atoms with van der Waals surface area (Å²) in [5, 5.41) is 4.01. The fourth-order valence-electron chi connectivity index (χ4n) is 2.01. The van der Waals surface area contributed by atoms with Gasteiger partial charge in [-0.2, -0.15) is 0 Å². The minimum Gasteiger partial charge on any atom is -0.324 e. The fourth-order valence-corrected chi connectivity index (χ4v) is 2.01. The number of hydrogen-bond donors (Lipinski definition) is 1. The van der Waals surface area contributed by atoms with Crippen molar-refractivity contribution in [3.63, 3.8) is 0 Å². The van der Waals surface area contributed by atoms with Crippen LogP contribution in [0.3, 0.4) is 0 Å². The highest BCUT2D eigenvalue weighted by molar-refractivity contribution is 6.00. The summed E-state index contributed by atoms with van der Waals surface area (Å²) in [6, 6.07) is 7.95. The first-order valence-electron chi connectivity index (χ1n) is 6.21. The second-order valence-electron chi connectivity index (χ2n) is 5.03. The average molecular weight is 242 g/mol. The van der Waals surface area contributed by atoms with Crippen molar-refractivity contribution >= 4 is 22.5 Å². The van der Waals surface area contributed by atoms with Gasteiger partial charge in [0.2, 0.25) is 5.91 Å². The lowest BCUT2D eigenvalue weighted by molar-refractivity contribution is -0.116. The van der Waals surface area contributed by atoms with Crippen LogP contribution in [-0.2, 0) is 4.79 Å². The summed E-state index contributed by atoms with van der Waals surface area (Å²) in [4.78, 5) is 16.2. The molecular weight excluding hydrogens is 224 g/mol. The summed E-state index contributed by atoms with van der Waals surface area (Å²) >= 11 is 0. The molecule has 94 valence electrons. The minimum atomic E-state index is 0.0440. The number of amides is 1. The number of carbonyl (C=O) groups is 1. The third-order valence-electron chi connectivity index (χ3n) is 2.72. The standard InChI is InChI=1S/C15H18N2O/c1-10(2)7-14(18)17-13-9-11(3)8-12-5-4-6-16-15(12)13/h4-6,8-10H,7H2,1-3H3,(H,17,18). The molecule has 1 heterocycles. The van der Waals surface area contributed by atoms with Gasteiger partial charge in [-0.25, -0.2) is 0 Å². The quantitative estimate of drug-likeness (QED) is 0.894. The normalized spacial score (nSPS) is 10.9. The molecule has 2 rings (SSSR count). The van der Waals surface area contributed by atoms with Crippen molar-refractivity contribution in [3.8, 4) is 0 Å². The number of carbonyl (C=O) groups excluding carboxylic acids is 1. The third-order valence-corrected chi connectivity index (χ3v) is 2.72. The summed E-state index contributed by atoms with van der Waals surface area (Å²) < 4.78 is 0. The van der Waals surface area contributed by atoms with Crippen LogP contribution in [0, 0.1) is 12.8 Å². The SMILES string of the molecule is Cc1cc(NC(=O)CC(C)C)c2ncccc2c1. The molecule has 1 aromatic carbocycles. The van der Waals surface area contributed by atoms with Gasteiger partial charge in [0.1, 0.15) is 0 Å². The van der Waals surface area contributed by atoms with Crippen LogP contribution >= 0.6 is 0 Å². The lowest BCUT2D eigenvalue weighted by Gasteiger charge is -2.10. The fraction of sp³-hybridized carbons (Fsp3) is 0.333. The van der Waals surface area contributed by atoms with E-state index >= 15 is 0 Å². The molecule has 2 aromatic rings. The molecule has 1 amide bonds. The first-order chi connectivity index (χ1) is 8.56. The first kappa shape index (κ1) is 12.6. The van der Waals surface area contributed by atoms with Crippen LogP contribution in [0.4, 0.5) is 5.69 Å². The smallest absolute Gasteiger partial charge is 0.224 e. The second kappa shape index (κ2) is 5.17. The highest BCUT2D eigenvalue weighted by Gasteiger charge is 2.09. The Balaban J connectivity index is 2.35. The Kier molecular flexibility index (Phi) is 3.60. The van der Waals surface area contributed by atoms with Crippen molar-refractivity contribution < 1.29 is 4.79 Å². The molecule has 0 unspecified atom stereocenters. The van der Waals surface area contributed by atoms with Crippen LogP contribution in [0.5, 0.6) is 0 Å². The van der Waals surface area contributed by atoms with E-state index in [9.17, 15) is 4.79 Å². The summed E-state index contributed by atoms with van der Waals surface area (Å²) in [5.74, 6) is 0.400. The number of rotatable bonds is 3. The zero-order valence-electron chi connectivity index (χ0n) is 11.0. The monoisotopic (exact) mass is 242 g/mol. The topological polar surface area (TPSA) is 42.0 Å². The number of fused-ring (bicyclic) bond motifs is 1. The van der Waals surface area contributed by atoms with E-state index in [1.54, 1.807) is 6.20 Å². The van der Waals surface area contributed by atoms with Crippen LogP contribution in [0.15, 0.2) is 30.5 Å². The van der Waals surface area contributed by atoms with E-state index < -0.39 is 0 Å². The van der Waals surface area contributed by atoms with Gasteiger partial charge in [0.05, 0.1) is 11.2 Å². The number of hydrogen-bond acceptors (Lipinski definition) is 2. The van der Waals surface area contributed by atoms with E-state index in [1.807, 2.05) is 39.0 Å². The number of nitrogens with zero attached hydrogens (tertiary/aromatic N) is 1. The zero-order chi connectivity index (χ0) is 13.1. The highest BCUT2D eigenvalue weighted by Crippen LogP contribution is 2.23. The van der Waals surface area contributed by atoms with E-state index in [4.69, 9.17) is 0 Å². The highest BCUT2D eigenvalue weighted by atomic mass is 16.1. The number of nitrogens with one attached hydrogen (secondary N) is 1. The van der Waals surface area contributed by atoms with Gasteiger partial charge in [0.15, 0.2) is 0 Å². The Morgan fingerprint density at radius 1 is 1.39 bits per heavy atom. The Morgan fingerprint density at radius 3 is 2.89 bits per heavy atom. The molecule has 0 spiro atoms. The van der Waals surface area contributed by atoms with Gasteiger partial charge in [0.25, 0.3) is 0 Å². The minimum absolute atomic E-state index is 0.0440. The van der Waals surface area contributed by atoms with E-state index in [0.29, 0.717) is 12.3 Å². The van der Waals surface area contributed by atoms with Gasteiger partial charge in [0, 0.05) is 18.0 Å². The van der Waals surface area contributed by atoms with E-state index in [2.05, 4.69) is 16.4 Å². The molecule has 1 aromatic heterocycles. The van der Waals surface area contributed by atoms with Crippen LogP contribution in [0.25, 0.3) is 10.9 Å². The van der Waals surface area contributed by atoms with E-state index in [1.165, 1.54) is 0 Å².